The first kappa shape index (κ1) is 15.2. The van der Waals surface area contributed by atoms with Gasteiger partial charge < -0.3 is 9.64 Å². The first-order chi connectivity index (χ1) is 9.82. The average Bonchev–Trinajstić information content (AvgIpc) is 2.45. The number of nitrogens with zero attached hydrogens (tertiary/aromatic N) is 3. The largest absolute Gasteiger partial charge is 0.365 e. The summed E-state index contributed by atoms with van der Waals surface area (Å²) < 4.78 is 28.6. The summed E-state index contributed by atoms with van der Waals surface area (Å²) in [5.41, 5.74) is 0.0657. The summed E-state index contributed by atoms with van der Waals surface area (Å²) in [6.07, 6.45) is 0.326. The molecule has 0 amide bonds. The van der Waals surface area contributed by atoms with E-state index in [0.717, 1.165) is 6.26 Å². The molecule has 112 valence electrons. The minimum atomic E-state index is -3.72. The predicted molar refractivity (Wildman–Crippen MR) is 73.8 cm³/mol. The van der Waals surface area contributed by atoms with Gasteiger partial charge in [0.15, 0.2) is 15.9 Å². The Morgan fingerprint density at radius 3 is 2.81 bits per heavy atom. The molecule has 0 N–H and O–H groups in total. The number of nitro groups is 1. The number of hydrogen-bond donors (Lipinski definition) is 0. The van der Waals surface area contributed by atoms with Gasteiger partial charge in [0.05, 0.1) is 24.1 Å². The number of hydrogen-bond acceptors (Lipinski definition) is 7. The molecule has 0 spiro atoms. The molecule has 1 unspecified atom stereocenters. The number of nitriles is 1. The van der Waals surface area contributed by atoms with E-state index in [0.29, 0.717) is 18.8 Å². The zero-order valence-corrected chi connectivity index (χ0v) is 12.0. The predicted octanol–water partition coefficient (Wildman–Crippen LogP) is 0.727. The van der Waals surface area contributed by atoms with Gasteiger partial charge in [0, 0.05) is 24.6 Å². The summed E-state index contributed by atoms with van der Waals surface area (Å²) in [4.78, 5) is 11.6. The van der Waals surface area contributed by atoms with Crippen LogP contribution in [0.25, 0.3) is 0 Å². The lowest BCUT2D eigenvalue weighted by Crippen LogP contribution is -2.41. The molecule has 1 saturated heterocycles. The number of benzene rings is 1. The monoisotopic (exact) mass is 311 g/mol. The number of sulfone groups is 1. The number of anilines is 1. The third-order valence-electron chi connectivity index (χ3n) is 3.12. The number of nitro benzene ring substituents is 1. The van der Waals surface area contributed by atoms with Gasteiger partial charge in [0.1, 0.15) is 4.90 Å². The number of ether oxygens (including phenoxy) is 1. The van der Waals surface area contributed by atoms with Crippen LogP contribution in [-0.4, -0.2) is 45.4 Å². The Morgan fingerprint density at radius 2 is 2.24 bits per heavy atom. The third kappa shape index (κ3) is 3.29. The fraction of sp³-hybridized carbons (Fsp3) is 0.417. The first-order valence-corrected chi connectivity index (χ1v) is 7.96. The van der Waals surface area contributed by atoms with Gasteiger partial charge in [-0.2, -0.15) is 5.26 Å². The Balaban J connectivity index is 2.43. The zero-order chi connectivity index (χ0) is 15.6. The van der Waals surface area contributed by atoms with Crippen LogP contribution in [-0.2, 0) is 14.6 Å². The van der Waals surface area contributed by atoms with Crippen molar-refractivity contribution in [3.05, 3.63) is 28.3 Å². The minimum absolute atomic E-state index is 0.289. The topological polar surface area (TPSA) is 114 Å². The van der Waals surface area contributed by atoms with Crippen molar-refractivity contribution >= 4 is 21.2 Å². The summed E-state index contributed by atoms with van der Waals surface area (Å²) in [5, 5.41) is 19.8. The molecular weight excluding hydrogens is 298 g/mol. The second-order valence-electron chi connectivity index (χ2n) is 4.62. The second kappa shape index (κ2) is 5.67. The maximum absolute atomic E-state index is 11.7. The van der Waals surface area contributed by atoms with E-state index in [1.165, 1.54) is 18.2 Å². The lowest BCUT2D eigenvalue weighted by atomic mass is 10.2. The molecule has 0 bridgehead atoms. The van der Waals surface area contributed by atoms with Gasteiger partial charge in [-0.1, -0.05) is 0 Å². The van der Waals surface area contributed by atoms with Crippen molar-refractivity contribution in [1.82, 2.24) is 0 Å². The van der Waals surface area contributed by atoms with E-state index in [-0.39, 0.29) is 11.4 Å². The lowest BCUT2D eigenvalue weighted by molar-refractivity contribution is -0.387. The van der Waals surface area contributed by atoms with Crippen molar-refractivity contribution in [1.29, 1.82) is 5.26 Å². The molecule has 0 aromatic heterocycles. The number of rotatable bonds is 3. The van der Waals surface area contributed by atoms with Crippen molar-refractivity contribution in [3.8, 4) is 6.07 Å². The van der Waals surface area contributed by atoms with Gasteiger partial charge in [0.25, 0.3) is 5.69 Å². The highest BCUT2D eigenvalue weighted by molar-refractivity contribution is 7.90. The molecule has 0 aliphatic carbocycles. The van der Waals surface area contributed by atoms with Gasteiger partial charge >= 0.3 is 0 Å². The Morgan fingerprint density at radius 1 is 1.52 bits per heavy atom. The van der Waals surface area contributed by atoms with Gasteiger partial charge in [-0.15, -0.1) is 0 Å². The Hall–Kier alpha value is -2.18. The van der Waals surface area contributed by atoms with E-state index in [1.54, 1.807) is 4.90 Å². The highest BCUT2D eigenvalue weighted by Gasteiger charge is 2.26. The maximum Gasteiger partial charge on any atom is 0.288 e. The van der Waals surface area contributed by atoms with Crippen LogP contribution in [0.3, 0.4) is 0 Å². The zero-order valence-electron chi connectivity index (χ0n) is 11.2. The SMILES string of the molecule is CS(=O)(=O)c1cc(N2CCOC(C#N)C2)ccc1[N+](=O)[O-]. The molecule has 1 aromatic rings. The van der Waals surface area contributed by atoms with Crippen LogP contribution in [0.2, 0.25) is 0 Å². The summed E-state index contributed by atoms with van der Waals surface area (Å²) >= 11 is 0. The van der Waals surface area contributed by atoms with Crippen molar-refractivity contribution in [2.45, 2.75) is 11.0 Å². The van der Waals surface area contributed by atoms with Crippen molar-refractivity contribution in [2.75, 3.05) is 30.9 Å². The molecular formula is C12H13N3O5S. The number of morpholine rings is 1. The summed E-state index contributed by atoms with van der Waals surface area (Å²) in [5.74, 6) is 0. The van der Waals surface area contributed by atoms with Crippen molar-refractivity contribution < 1.29 is 18.1 Å². The third-order valence-corrected chi connectivity index (χ3v) is 4.24. The molecule has 1 aromatic carbocycles. The van der Waals surface area contributed by atoms with Crippen molar-refractivity contribution in [3.63, 3.8) is 0 Å². The summed E-state index contributed by atoms with van der Waals surface area (Å²) in [7, 11) is -3.72. The molecule has 8 nitrogen and oxygen atoms in total. The Kier molecular flexibility index (Phi) is 4.11. The van der Waals surface area contributed by atoms with Crippen LogP contribution < -0.4 is 4.90 Å². The molecule has 9 heteroatoms. The van der Waals surface area contributed by atoms with E-state index in [4.69, 9.17) is 10.00 Å². The van der Waals surface area contributed by atoms with Gasteiger partial charge in [-0.25, -0.2) is 8.42 Å². The van der Waals surface area contributed by atoms with Gasteiger partial charge in [0.2, 0.25) is 0 Å². The summed E-state index contributed by atoms with van der Waals surface area (Å²) in [6.45, 7) is 1.11. The van der Waals surface area contributed by atoms with Crippen LogP contribution in [0.1, 0.15) is 0 Å². The van der Waals surface area contributed by atoms with Crippen molar-refractivity contribution in [2.24, 2.45) is 0 Å². The smallest absolute Gasteiger partial charge is 0.288 e. The van der Waals surface area contributed by atoms with E-state index < -0.39 is 26.6 Å². The molecule has 1 heterocycles. The molecule has 0 radical (unpaired) electrons. The summed E-state index contributed by atoms with van der Waals surface area (Å²) in [6, 6.07) is 5.91. The van der Waals surface area contributed by atoms with Crippen LogP contribution >= 0.6 is 0 Å². The van der Waals surface area contributed by atoms with E-state index in [2.05, 4.69) is 0 Å². The average molecular weight is 311 g/mol. The highest BCUT2D eigenvalue weighted by Crippen LogP contribution is 2.29. The van der Waals surface area contributed by atoms with E-state index >= 15 is 0 Å². The molecule has 2 rings (SSSR count). The molecule has 1 fully saturated rings. The quantitative estimate of drug-likeness (QED) is 0.597. The van der Waals surface area contributed by atoms with Crippen LogP contribution in [0.5, 0.6) is 0 Å². The second-order valence-corrected chi connectivity index (χ2v) is 6.60. The van der Waals surface area contributed by atoms with Crippen LogP contribution in [0.15, 0.2) is 23.1 Å². The molecule has 1 atom stereocenters. The molecule has 1 aliphatic rings. The minimum Gasteiger partial charge on any atom is -0.365 e. The van der Waals surface area contributed by atoms with Gasteiger partial charge in [-0.3, -0.25) is 10.1 Å². The molecule has 1 aliphatic heterocycles. The fourth-order valence-corrected chi connectivity index (χ4v) is 2.97. The highest BCUT2D eigenvalue weighted by atomic mass is 32.2. The van der Waals surface area contributed by atoms with Crippen LogP contribution in [0.4, 0.5) is 11.4 Å². The van der Waals surface area contributed by atoms with Crippen LogP contribution in [0, 0.1) is 21.4 Å². The molecule has 0 saturated carbocycles. The normalized spacial score (nSPS) is 19.0. The van der Waals surface area contributed by atoms with E-state index in [1.807, 2.05) is 6.07 Å². The first-order valence-electron chi connectivity index (χ1n) is 6.07. The standard InChI is InChI=1S/C12H13N3O5S/c1-21(18,19)12-6-9(2-3-11(12)15(16)17)14-4-5-20-10(7-13)8-14/h2-3,6,10H,4-5,8H2,1H3. The molecule has 21 heavy (non-hydrogen) atoms. The Bertz CT molecular complexity index is 710. The fourth-order valence-electron chi connectivity index (χ4n) is 2.11. The maximum atomic E-state index is 11.7. The van der Waals surface area contributed by atoms with Gasteiger partial charge in [-0.05, 0) is 12.1 Å². The lowest BCUT2D eigenvalue weighted by Gasteiger charge is -2.31. The Labute approximate surface area is 121 Å². The van der Waals surface area contributed by atoms with E-state index in [9.17, 15) is 18.5 Å².